The summed E-state index contributed by atoms with van der Waals surface area (Å²) in [5.74, 6) is 0.988. The van der Waals surface area contributed by atoms with Gasteiger partial charge < -0.3 is 24.7 Å². The van der Waals surface area contributed by atoms with Crippen LogP contribution in [0.2, 0.25) is 0 Å². The Labute approximate surface area is 192 Å². The number of rotatable bonds is 6. The normalized spacial score (nSPS) is 14.5. The van der Waals surface area contributed by atoms with Crippen molar-refractivity contribution in [3.05, 3.63) is 40.4 Å². The molecule has 0 saturated heterocycles. The van der Waals surface area contributed by atoms with Crippen LogP contribution in [0, 0.1) is 0 Å². The Morgan fingerprint density at radius 2 is 2.03 bits per heavy atom. The summed E-state index contributed by atoms with van der Waals surface area (Å²) in [6.07, 6.45) is 2.30. The molecule has 0 aromatic carbocycles. The van der Waals surface area contributed by atoms with Gasteiger partial charge in [0.15, 0.2) is 24.3 Å². The molecule has 13 heteroatoms. The lowest BCUT2D eigenvalue weighted by atomic mass is 10.2. The standard InChI is InChI=1S/C20H23FN6O5S/c1-29-15(30-2)11-24-17(22)12-5-6-14-25-19(12)32-10-4-3-9-31-13-7-8-23-18-16(13)26(14)20(28)27(18)33-21/h5-8,15H,3-4,9-11H2,1-2H3,(H2,22,24). The number of amidine groups is 1. The van der Waals surface area contributed by atoms with Crippen molar-refractivity contribution in [3.63, 3.8) is 0 Å². The number of halogens is 1. The second kappa shape index (κ2) is 10.2. The zero-order valence-corrected chi connectivity index (χ0v) is 18.9. The summed E-state index contributed by atoms with van der Waals surface area (Å²) < 4.78 is 37.7. The number of fused-ring (bicyclic) bond motifs is 3. The molecule has 33 heavy (non-hydrogen) atoms. The van der Waals surface area contributed by atoms with E-state index < -0.39 is 12.0 Å². The second-order valence-electron chi connectivity index (χ2n) is 7.02. The van der Waals surface area contributed by atoms with Crippen LogP contribution in [-0.2, 0) is 9.47 Å². The Morgan fingerprint density at radius 1 is 1.27 bits per heavy atom. The van der Waals surface area contributed by atoms with Gasteiger partial charge in [-0.25, -0.2) is 14.3 Å². The third-order valence-electron chi connectivity index (χ3n) is 5.04. The van der Waals surface area contributed by atoms with Crippen LogP contribution in [0.25, 0.3) is 17.0 Å². The van der Waals surface area contributed by atoms with E-state index in [4.69, 9.17) is 24.7 Å². The largest absolute Gasteiger partial charge is 0.491 e. The molecule has 4 rings (SSSR count). The number of pyridine rings is 2. The Bertz CT molecular complexity index is 1230. The van der Waals surface area contributed by atoms with Gasteiger partial charge >= 0.3 is 5.69 Å². The molecular formula is C20H23FN6O5S. The van der Waals surface area contributed by atoms with E-state index in [0.717, 1.165) is 3.97 Å². The number of nitrogens with two attached hydrogens (primary N) is 1. The van der Waals surface area contributed by atoms with Crippen LogP contribution in [0.3, 0.4) is 0 Å². The maximum atomic E-state index is 13.7. The lowest BCUT2D eigenvalue weighted by Gasteiger charge is -2.15. The average molecular weight is 479 g/mol. The summed E-state index contributed by atoms with van der Waals surface area (Å²) in [4.78, 5) is 26.0. The van der Waals surface area contributed by atoms with Crippen LogP contribution in [0.5, 0.6) is 11.6 Å². The topological polar surface area (TPSA) is 128 Å². The Morgan fingerprint density at radius 3 is 2.76 bits per heavy atom. The highest BCUT2D eigenvalue weighted by Gasteiger charge is 2.23. The lowest BCUT2D eigenvalue weighted by Crippen LogP contribution is -2.23. The van der Waals surface area contributed by atoms with E-state index in [0.29, 0.717) is 42.9 Å². The maximum Gasteiger partial charge on any atom is 0.348 e. The summed E-state index contributed by atoms with van der Waals surface area (Å²) in [6.45, 7) is 0.915. The number of imidazole rings is 1. The lowest BCUT2D eigenvalue weighted by molar-refractivity contribution is -0.0936. The number of hydrogen-bond acceptors (Lipinski definition) is 9. The molecule has 0 saturated carbocycles. The highest BCUT2D eigenvalue weighted by Crippen LogP contribution is 2.29. The summed E-state index contributed by atoms with van der Waals surface area (Å²) in [5.41, 5.74) is 6.41. The van der Waals surface area contributed by atoms with E-state index in [-0.39, 0.29) is 42.1 Å². The molecule has 3 aromatic rings. The van der Waals surface area contributed by atoms with E-state index >= 15 is 0 Å². The third kappa shape index (κ3) is 4.51. The molecule has 2 bridgehead atoms. The Balaban J connectivity index is 1.87. The molecule has 176 valence electrons. The number of aromatic nitrogens is 4. The van der Waals surface area contributed by atoms with Gasteiger partial charge in [0.25, 0.3) is 0 Å². The average Bonchev–Trinajstić information content (AvgIpc) is 3.12. The molecule has 3 aromatic heterocycles. The van der Waals surface area contributed by atoms with Crippen LogP contribution in [-0.4, -0.2) is 64.6 Å². The summed E-state index contributed by atoms with van der Waals surface area (Å²) in [5, 5.41) is 0. The molecule has 0 atom stereocenters. The number of methoxy groups -OCH3 is 2. The van der Waals surface area contributed by atoms with E-state index in [9.17, 15) is 8.68 Å². The van der Waals surface area contributed by atoms with E-state index in [1.165, 1.54) is 25.0 Å². The molecule has 1 aliphatic rings. The number of aliphatic imine (C=N–C) groups is 1. The van der Waals surface area contributed by atoms with E-state index in [1.807, 2.05) is 0 Å². The molecule has 0 radical (unpaired) electrons. The number of hydrogen-bond donors (Lipinski definition) is 1. The third-order valence-corrected chi connectivity index (χ3v) is 5.51. The quantitative estimate of drug-likeness (QED) is 0.321. The fraction of sp³-hybridized carbons (Fsp3) is 0.400. The first-order chi connectivity index (χ1) is 16.1. The van der Waals surface area contributed by atoms with Crippen LogP contribution in [0.15, 0.2) is 34.2 Å². The zero-order valence-electron chi connectivity index (χ0n) is 18.1. The summed E-state index contributed by atoms with van der Waals surface area (Å²) in [6, 6.07) is 4.85. The maximum absolute atomic E-state index is 13.7. The minimum Gasteiger partial charge on any atom is -0.491 e. The fourth-order valence-corrected chi connectivity index (χ4v) is 3.71. The van der Waals surface area contributed by atoms with Gasteiger partial charge in [0, 0.05) is 26.5 Å². The minimum absolute atomic E-state index is 0.127. The predicted octanol–water partition coefficient (Wildman–Crippen LogP) is 1.84. The molecular weight excluding hydrogens is 455 g/mol. The predicted molar refractivity (Wildman–Crippen MR) is 121 cm³/mol. The first kappa shape index (κ1) is 23.0. The van der Waals surface area contributed by atoms with E-state index in [2.05, 4.69) is 15.0 Å². The van der Waals surface area contributed by atoms with Crippen molar-refractivity contribution in [2.45, 2.75) is 19.1 Å². The Kier molecular flexibility index (Phi) is 7.11. The summed E-state index contributed by atoms with van der Waals surface area (Å²) >= 11 is -0.240. The summed E-state index contributed by atoms with van der Waals surface area (Å²) in [7, 11) is 3.01. The van der Waals surface area contributed by atoms with Crippen molar-refractivity contribution in [1.29, 1.82) is 0 Å². The van der Waals surface area contributed by atoms with Crippen molar-refractivity contribution >= 4 is 29.3 Å². The first-order valence-corrected chi connectivity index (χ1v) is 10.8. The molecule has 0 aliphatic carbocycles. The minimum atomic E-state index is -0.672. The zero-order chi connectivity index (χ0) is 23.4. The molecule has 1 aliphatic heterocycles. The van der Waals surface area contributed by atoms with Crippen LogP contribution < -0.4 is 20.9 Å². The van der Waals surface area contributed by atoms with Crippen molar-refractivity contribution in [2.75, 3.05) is 34.0 Å². The SMILES string of the molecule is COC(CN=C(N)c1ccc2nc1OCCCCOc1ccnc3c1n-2c(=O)n3SF)OC. The van der Waals surface area contributed by atoms with Crippen molar-refractivity contribution < 1.29 is 22.8 Å². The molecule has 11 nitrogen and oxygen atoms in total. The van der Waals surface area contributed by atoms with Crippen molar-refractivity contribution in [3.8, 4) is 17.4 Å². The second-order valence-corrected chi connectivity index (χ2v) is 7.52. The highest BCUT2D eigenvalue weighted by molar-refractivity contribution is 7.92. The molecule has 4 heterocycles. The molecule has 0 spiro atoms. The van der Waals surface area contributed by atoms with Gasteiger partial charge in [-0.1, -0.05) is 0 Å². The molecule has 0 unspecified atom stereocenters. The first-order valence-electron chi connectivity index (χ1n) is 10.1. The number of nitrogens with zero attached hydrogens (tertiary/aromatic N) is 5. The van der Waals surface area contributed by atoms with Gasteiger partial charge in [-0.3, -0.25) is 4.99 Å². The highest BCUT2D eigenvalue weighted by atomic mass is 32.2. The molecule has 0 fully saturated rings. The fourth-order valence-electron chi connectivity index (χ4n) is 3.37. The smallest absolute Gasteiger partial charge is 0.348 e. The van der Waals surface area contributed by atoms with Crippen LogP contribution in [0.4, 0.5) is 3.89 Å². The van der Waals surface area contributed by atoms with Gasteiger partial charge in [0.05, 0.1) is 25.3 Å². The van der Waals surface area contributed by atoms with Crippen molar-refractivity contribution in [2.24, 2.45) is 10.7 Å². The van der Waals surface area contributed by atoms with Crippen LogP contribution in [0.1, 0.15) is 18.4 Å². The van der Waals surface area contributed by atoms with Gasteiger partial charge in [0.1, 0.15) is 22.9 Å². The monoisotopic (exact) mass is 478 g/mol. The van der Waals surface area contributed by atoms with Gasteiger partial charge in [-0.2, -0.15) is 8.96 Å². The van der Waals surface area contributed by atoms with Gasteiger partial charge in [-0.15, -0.1) is 3.89 Å². The van der Waals surface area contributed by atoms with Gasteiger partial charge in [-0.05, 0) is 25.0 Å². The molecule has 0 amide bonds. The van der Waals surface area contributed by atoms with Crippen LogP contribution >= 0.6 is 12.3 Å². The van der Waals surface area contributed by atoms with E-state index in [1.54, 1.807) is 18.2 Å². The molecule has 2 N–H and O–H groups in total. The Hall–Kier alpha value is -3.16. The number of ether oxygens (including phenoxy) is 4. The van der Waals surface area contributed by atoms with Crippen molar-refractivity contribution in [1.82, 2.24) is 18.5 Å². The van der Waals surface area contributed by atoms with Gasteiger partial charge in [0.2, 0.25) is 5.88 Å².